The number of halogens is 6. The fraction of sp³-hybridized carbons (Fsp3) is 0.250. The minimum Gasteiger partial charge on any atom is -0.373 e. The molecule has 38 heavy (non-hydrogen) atoms. The summed E-state index contributed by atoms with van der Waals surface area (Å²) < 4.78 is 81.9. The van der Waals surface area contributed by atoms with Crippen LogP contribution in [0.4, 0.5) is 26.3 Å². The third-order valence-electron chi connectivity index (χ3n) is 5.83. The molecule has 2 heterocycles. The summed E-state index contributed by atoms with van der Waals surface area (Å²) in [6.45, 7) is -0.664. The molecule has 14 heteroatoms. The molecule has 2 amide bonds. The number of amides is 2. The molecule has 4 rings (SSSR count). The van der Waals surface area contributed by atoms with E-state index in [1.807, 2.05) is 0 Å². The van der Waals surface area contributed by atoms with Crippen molar-refractivity contribution in [2.24, 2.45) is 5.73 Å². The van der Waals surface area contributed by atoms with Crippen LogP contribution in [0.2, 0.25) is 0 Å². The summed E-state index contributed by atoms with van der Waals surface area (Å²) in [5.41, 5.74) is 5.55. The van der Waals surface area contributed by atoms with Crippen LogP contribution in [0.1, 0.15) is 28.8 Å². The average molecular weight is 538 g/mol. The summed E-state index contributed by atoms with van der Waals surface area (Å²) in [6.07, 6.45) is -4.19. The Bertz CT molecular complexity index is 1390. The third kappa shape index (κ3) is 5.79. The van der Waals surface area contributed by atoms with Crippen LogP contribution in [0.5, 0.6) is 0 Å². The van der Waals surface area contributed by atoms with Crippen LogP contribution in [0, 0.1) is 17.5 Å². The molecule has 1 aliphatic heterocycles. The van der Waals surface area contributed by atoms with Crippen molar-refractivity contribution in [1.29, 1.82) is 0 Å². The van der Waals surface area contributed by atoms with E-state index in [0.717, 1.165) is 10.6 Å². The van der Waals surface area contributed by atoms with Gasteiger partial charge in [0.1, 0.15) is 11.9 Å². The lowest BCUT2D eigenvalue weighted by atomic mass is 10.0. The van der Waals surface area contributed by atoms with Crippen molar-refractivity contribution in [1.82, 2.24) is 25.0 Å². The summed E-state index contributed by atoms with van der Waals surface area (Å²) in [6, 6.07) is 7.91. The van der Waals surface area contributed by atoms with Crippen molar-refractivity contribution >= 4 is 11.8 Å². The molecule has 1 aromatic heterocycles. The quantitative estimate of drug-likeness (QED) is 0.273. The molecule has 200 valence electrons. The van der Waals surface area contributed by atoms with Crippen molar-refractivity contribution in [2.45, 2.75) is 31.7 Å². The van der Waals surface area contributed by atoms with Gasteiger partial charge in [-0.25, -0.2) is 13.2 Å². The molecule has 0 spiro atoms. The molecule has 0 saturated heterocycles. The molecule has 3 aromatic rings. The number of primary amides is 1. The van der Waals surface area contributed by atoms with Crippen LogP contribution in [0.3, 0.4) is 0 Å². The lowest BCUT2D eigenvalue weighted by Gasteiger charge is -2.28. The number of allylic oxidation sites excluding steroid dienone is 1. The van der Waals surface area contributed by atoms with Gasteiger partial charge in [-0.15, -0.1) is 10.2 Å². The SMILES string of the molecule is NC(=O)[C@@H](NC(=CC(=O)N1CCn2c(nnc2C(F)(F)F)C1)Cc1cc(F)c(F)cc1F)c1ccccc1. The number of alkyl halides is 3. The van der Waals surface area contributed by atoms with Crippen LogP contribution in [0.15, 0.2) is 54.2 Å². The maximum atomic E-state index is 14.4. The fourth-order valence-corrected chi connectivity index (χ4v) is 3.99. The molecule has 2 aromatic carbocycles. The zero-order valence-electron chi connectivity index (χ0n) is 19.5. The fourth-order valence-electron chi connectivity index (χ4n) is 3.99. The van der Waals surface area contributed by atoms with Gasteiger partial charge in [0.05, 0.1) is 6.54 Å². The maximum absolute atomic E-state index is 14.4. The number of carbonyl (C=O) groups is 2. The zero-order chi connectivity index (χ0) is 27.6. The first-order chi connectivity index (χ1) is 17.9. The van der Waals surface area contributed by atoms with Crippen LogP contribution >= 0.6 is 0 Å². The zero-order valence-corrected chi connectivity index (χ0v) is 19.5. The predicted octanol–water partition coefficient (Wildman–Crippen LogP) is 3.00. The highest BCUT2D eigenvalue weighted by molar-refractivity contribution is 5.88. The number of benzene rings is 2. The Balaban J connectivity index is 1.64. The number of nitrogens with two attached hydrogens (primary N) is 1. The number of nitrogens with zero attached hydrogens (tertiary/aromatic N) is 4. The van der Waals surface area contributed by atoms with E-state index in [4.69, 9.17) is 5.73 Å². The molecule has 8 nitrogen and oxygen atoms in total. The number of aromatic nitrogens is 3. The summed E-state index contributed by atoms with van der Waals surface area (Å²) >= 11 is 0. The Kier molecular flexibility index (Phi) is 7.41. The highest BCUT2D eigenvalue weighted by Crippen LogP contribution is 2.29. The van der Waals surface area contributed by atoms with Crippen LogP contribution < -0.4 is 11.1 Å². The normalized spacial score (nSPS) is 14.7. The van der Waals surface area contributed by atoms with Gasteiger partial charge < -0.3 is 20.5 Å². The molecule has 1 atom stereocenters. The van der Waals surface area contributed by atoms with Crippen molar-refractivity contribution in [3.05, 3.63) is 94.5 Å². The largest absolute Gasteiger partial charge is 0.451 e. The van der Waals surface area contributed by atoms with Crippen molar-refractivity contribution < 1.29 is 35.9 Å². The average Bonchev–Trinajstić information content (AvgIpc) is 3.30. The minimum atomic E-state index is -4.72. The van der Waals surface area contributed by atoms with Gasteiger partial charge >= 0.3 is 6.18 Å². The summed E-state index contributed by atoms with van der Waals surface area (Å²) in [7, 11) is 0. The molecule has 0 aliphatic carbocycles. The molecular formula is C24H20F6N6O2. The van der Waals surface area contributed by atoms with E-state index in [2.05, 4.69) is 15.5 Å². The van der Waals surface area contributed by atoms with E-state index in [-0.39, 0.29) is 36.7 Å². The van der Waals surface area contributed by atoms with E-state index in [1.54, 1.807) is 30.3 Å². The van der Waals surface area contributed by atoms with Gasteiger partial charge in [0, 0.05) is 37.3 Å². The number of hydrogen-bond donors (Lipinski definition) is 2. The van der Waals surface area contributed by atoms with E-state index in [9.17, 15) is 35.9 Å². The van der Waals surface area contributed by atoms with Crippen LogP contribution in [-0.4, -0.2) is 38.0 Å². The second-order valence-electron chi connectivity index (χ2n) is 8.44. The molecule has 0 unspecified atom stereocenters. The molecule has 0 radical (unpaired) electrons. The second kappa shape index (κ2) is 10.6. The number of carbonyl (C=O) groups excluding carboxylic acids is 2. The van der Waals surface area contributed by atoms with E-state index >= 15 is 0 Å². The smallest absolute Gasteiger partial charge is 0.373 e. The molecular weight excluding hydrogens is 518 g/mol. The van der Waals surface area contributed by atoms with Gasteiger partial charge in [-0.2, -0.15) is 13.2 Å². The van der Waals surface area contributed by atoms with Gasteiger partial charge in [-0.3, -0.25) is 9.59 Å². The van der Waals surface area contributed by atoms with Crippen molar-refractivity contribution in [2.75, 3.05) is 6.54 Å². The first-order valence-electron chi connectivity index (χ1n) is 11.2. The third-order valence-corrected chi connectivity index (χ3v) is 5.83. The van der Waals surface area contributed by atoms with Crippen molar-refractivity contribution in [3.8, 4) is 0 Å². The van der Waals surface area contributed by atoms with Gasteiger partial charge in [-0.05, 0) is 17.2 Å². The number of nitrogens with one attached hydrogen (secondary N) is 1. The van der Waals surface area contributed by atoms with Gasteiger partial charge in [0.15, 0.2) is 17.5 Å². The van der Waals surface area contributed by atoms with E-state index < -0.39 is 53.7 Å². The van der Waals surface area contributed by atoms with E-state index in [1.165, 1.54) is 4.90 Å². The van der Waals surface area contributed by atoms with E-state index in [0.29, 0.717) is 17.7 Å². The Morgan fingerprint density at radius 2 is 1.71 bits per heavy atom. The lowest BCUT2D eigenvalue weighted by Crippen LogP contribution is -2.39. The number of rotatable bonds is 7. The standard InChI is InChI=1S/C24H20F6N6O2/c25-16-11-18(27)17(26)9-14(16)8-15(32-21(22(31)38)13-4-2-1-3-5-13)10-20(37)35-6-7-36-19(12-35)33-34-23(36)24(28,29)30/h1-5,9-11,21,32H,6-8,12H2,(H2,31,38)/t21-/m0/s1. The highest BCUT2D eigenvalue weighted by Gasteiger charge is 2.39. The predicted molar refractivity (Wildman–Crippen MR) is 120 cm³/mol. The summed E-state index contributed by atoms with van der Waals surface area (Å²) in [5.74, 6) is -6.65. The summed E-state index contributed by atoms with van der Waals surface area (Å²) in [5, 5.41) is 9.45. The van der Waals surface area contributed by atoms with Crippen LogP contribution in [0.25, 0.3) is 0 Å². The molecule has 0 fully saturated rings. The molecule has 3 N–H and O–H groups in total. The highest BCUT2D eigenvalue weighted by atomic mass is 19.4. The topological polar surface area (TPSA) is 106 Å². The second-order valence-corrected chi connectivity index (χ2v) is 8.44. The monoisotopic (exact) mass is 538 g/mol. The Morgan fingerprint density at radius 1 is 1.03 bits per heavy atom. The maximum Gasteiger partial charge on any atom is 0.451 e. The van der Waals surface area contributed by atoms with Crippen LogP contribution in [-0.2, 0) is 35.3 Å². The summed E-state index contributed by atoms with van der Waals surface area (Å²) in [4.78, 5) is 26.5. The molecule has 1 aliphatic rings. The first-order valence-corrected chi connectivity index (χ1v) is 11.2. The van der Waals surface area contributed by atoms with Crippen molar-refractivity contribution in [3.63, 3.8) is 0 Å². The van der Waals surface area contributed by atoms with Gasteiger partial charge in [-0.1, -0.05) is 30.3 Å². The lowest BCUT2D eigenvalue weighted by molar-refractivity contribution is -0.148. The number of fused-ring (bicyclic) bond motifs is 1. The Hall–Kier alpha value is -4.36. The first kappa shape index (κ1) is 26.7. The number of hydrogen-bond acceptors (Lipinski definition) is 5. The van der Waals surface area contributed by atoms with Gasteiger partial charge in [0.2, 0.25) is 17.6 Å². The Labute approximate surface area is 211 Å². The van der Waals surface area contributed by atoms with Gasteiger partial charge in [0.25, 0.3) is 0 Å². The minimum absolute atomic E-state index is 0.0735. The molecule has 0 saturated carbocycles. The Morgan fingerprint density at radius 3 is 2.37 bits per heavy atom. The molecule has 0 bridgehead atoms.